The molecule has 4 rings (SSSR count). The minimum absolute atomic E-state index is 0.283. The van der Waals surface area contributed by atoms with Gasteiger partial charge in [-0.15, -0.1) is 0 Å². The van der Waals surface area contributed by atoms with E-state index in [-0.39, 0.29) is 5.91 Å². The Kier molecular flexibility index (Phi) is 6.57. The highest BCUT2D eigenvalue weighted by Crippen LogP contribution is 2.24. The van der Waals surface area contributed by atoms with Crippen LogP contribution >= 0.6 is 0 Å². The fourth-order valence-electron chi connectivity index (χ4n) is 4.44. The summed E-state index contributed by atoms with van der Waals surface area (Å²) in [5, 5.41) is 4.62. The van der Waals surface area contributed by atoms with Gasteiger partial charge in [-0.2, -0.15) is 0 Å². The van der Waals surface area contributed by atoms with E-state index in [2.05, 4.69) is 33.1 Å². The number of hydrogen-bond donors (Lipinski definition) is 1. The Morgan fingerprint density at radius 3 is 2.47 bits per heavy atom. The van der Waals surface area contributed by atoms with Crippen LogP contribution in [0.3, 0.4) is 0 Å². The van der Waals surface area contributed by atoms with Gasteiger partial charge in [0.1, 0.15) is 11.3 Å². The van der Waals surface area contributed by atoms with Crippen molar-refractivity contribution in [3.8, 4) is 0 Å². The maximum atomic E-state index is 12.5. The summed E-state index contributed by atoms with van der Waals surface area (Å²) in [4.78, 5) is 23.6. The topological polar surface area (TPSA) is 64.3 Å². The van der Waals surface area contributed by atoms with Gasteiger partial charge in [0.25, 0.3) is 0 Å². The van der Waals surface area contributed by atoms with Crippen LogP contribution in [-0.4, -0.2) is 79.4 Å². The molecule has 7 nitrogen and oxygen atoms in total. The predicted octanol–water partition coefficient (Wildman–Crippen LogP) is 2.45. The number of benzene rings is 1. The molecule has 0 aliphatic carbocycles. The number of carbonyl (C=O) groups is 1. The third-order valence-corrected chi connectivity index (χ3v) is 6.30. The Morgan fingerprint density at radius 1 is 1.03 bits per heavy atom. The van der Waals surface area contributed by atoms with Gasteiger partial charge in [0, 0.05) is 57.3 Å². The van der Waals surface area contributed by atoms with Crippen molar-refractivity contribution in [3.05, 3.63) is 35.6 Å². The highest BCUT2D eigenvalue weighted by atomic mass is 16.3. The van der Waals surface area contributed by atoms with Crippen molar-refractivity contribution in [2.45, 2.75) is 32.7 Å². The minimum atomic E-state index is 0.283. The van der Waals surface area contributed by atoms with Gasteiger partial charge >= 0.3 is 0 Å². The number of nitrogens with zero attached hydrogens (tertiary/aromatic N) is 4. The first-order chi connectivity index (χ1) is 14.7. The summed E-state index contributed by atoms with van der Waals surface area (Å²) >= 11 is 0. The van der Waals surface area contributed by atoms with Gasteiger partial charge < -0.3 is 19.5 Å². The number of fused-ring (bicyclic) bond motifs is 1. The number of furan rings is 1. The van der Waals surface area contributed by atoms with Crippen LogP contribution in [0.2, 0.25) is 0 Å². The Labute approximate surface area is 178 Å². The summed E-state index contributed by atoms with van der Waals surface area (Å²) in [6.07, 6.45) is 3.54. The van der Waals surface area contributed by atoms with E-state index in [4.69, 9.17) is 4.42 Å². The van der Waals surface area contributed by atoms with Gasteiger partial charge in [0.05, 0.1) is 13.1 Å². The summed E-state index contributed by atoms with van der Waals surface area (Å²) in [5.41, 5.74) is 2.10. The number of hydrogen-bond acceptors (Lipinski definition) is 4. The molecular weight excluding hydrogens is 378 g/mol. The molecule has 2 aliphatic heterocycles. The van der Waals surface area contributed by atoms with Crippen LogP contribution in [0.1, 0.15) is 30.6 Å². The van der Waals surface area contributed by atoms with Gasteiger partial charge in [-0.1, -0.05) is 18.2 Å². The lowest BCUT2D eigenvalue weighted by Crippen LogP contribution is -2.54. The first kappa shape index (κ1) is 20.7. The fourth-order valence-corrected chi connectivity index (χ4v) is 4.44. The van der Waals surface area contributed by atoms with E-state index in [9.17, 15) is 4.79 Å². The number of aliphatic imine (C=N–C) groups is 1. The average molecular weight is 412 g/mol. The van der Waals surface area contributed by atoms with Crippen LogP contribution in [-0.2, 0) is 11.3 Å². The Balaban J connectivity index is 1.27. The Hall–Kier alpha value is -2.54. The summed E-state index contributed by atoms with van der Waals surface area (Å²) < 4.78 is 6.01. The first-order valence-electron chi connectivity index (χ1n) is 11.1. The Morgan fingerprint density at radius 2 is 1.77 bits per heavy atom. The molecule has 7 heteroatoms. The van der Waals surface area contributed by atoms with Gasteiger partial charge in [-0.05, 0) is 32.3 Å². The van der Waals surface area contributed by atoms with E-state index < -0.39 is 0 Å². The van der Waals surface area contributed by atoms with Crippen molar-refractivity contribution < 1.29 is 9.21 Å². The van der Waals surface area contributed by atoms with Crippen molar-refractivity contribution in [3.63, 3.8) is 0 Å². The van der Waals surface area contributed by atoms with Crippen LogP contribution in [0, 0.1) is 6.92 Å². The second kappa shape index (κ2) is 9.51. The predicted molar refractivity (Wildman–Crippen MR) is 120 cm³/mol. The van der Waals surface area contributed by atoms with Gasteiger partial charge in [0.2, 0.25) is 5.91 Å². The molecule has 1 amide bonds. The standard InChI is InChI=1S/C23H33N5O2/c1-18-19-8-4-5-9-20(19)30-21(18)16-25-23(24-2)28-14-12-26(13-15-28)17-22(29)27-10-6-3-7-11-27/h4-5,8-9H,3,6-7,10-17H2,1-2H3,(H,24,25). The van der Waals surface area contributed by atoms with Crippen LogP contribution in [0.25, 0.3) is 11.0 Å². The lowest BCUT2D eigenvalue weighted by molar-refractivity contribution is -0.133. The van der Waals surface area contributed by atoms with E-state index in [1.165, 1.54) is 12.0 Å². The monoisotopic (exact) mass is 411 g/mol. The van der Waals surface area contributed by atoms with Gasteiger partial charge in [-0.25, -0.2) is 0 Å². The number of amides is 1. The molecule has 0 bridgehead atoms. The molecule has 0 radical (unpaired) electrons. The lowest BCUT2D eigenvalue weighted by Gasteiger charge is -2.37. The Bertz CT molecular complexity index is 892. The first-order valence-corrected chi connectivity index (χ1v) is 11.1. The quantitative estimate of drug-likeness (QED) is 0.619. The minimum Gasteiger partial charge on any atom is -0.459 e. The molecule has 0 atom stereocenters. The third-order valence-electron chi connectivity index (χ3n) is 6.30. The molecule has 2 aromatic rings. The van der Waals surface area contributed by atoms with Crippen molar-refractivity contribution >= 4 is 22.8 Å². The largest absolute Gasteiger partial charge is 0.459 e. The molecule has 0 saturated carbocycles. The molecule has 2 aliphatic rings. The molecule has 1 N–H and O–H groups in total. The zero-order valence-electron chi connectivity index (χ0n) is 18.2. The molecule has 162 valence electrons. The number of likely N-dealkylation sites (tertiary alicyclic amines) is 1. The van der Waals surface area contributed by atoms with Crippen molar-refractivity contribution in [1.29, 1.82) is 0 Å². The molecule has 2 fully saturated rings. The van der Waals surface area contributed by atoms with Crippen molar-refractivity contribution in [2.24, 2.45) is 4.99 Å². The van der Waals surface area contributed by atoms with Crippen molar-refractivity contribution in [1.82, 2.24) is 20.0 Å². The molecular formula is C23H33N5O2. The lowest BCUT2D eigenvalue weighted by atomic mass is 10.1. The maximum absolute atomic E-state index is 12.5. The van der Waals surface area contributed by atoms with E-state index in [0.29, 0.717) is 13.1 Å². The number of piperidine rings is 1. The van der Waals surface area contributed by atoms with E-state index in [1.54, 1.807) is 0 Å². The van der Waals surface area contributed by atoms with Crippen LogP contribution in [0.4, 0.5) is 0 Å². The number of para-hydroxylation sites is 1. The fraction of sp³-hybridized carbons (Fsp3) is 0.565. The molecule has 2 saturated heterocycles. The summed E-state index contributed by atoms with van der Waals surface area (Å²) in [7, 11) is 1.82. The SMILES string of the molecule is CN=C(NCc1oc2ccccc2c1C)N1CCN(CC(=O)N2CCCCC2)CC1. The zero-order chi connectivity index (χ0) is 20.9. The number of rotatable bonds is 4. The van der Waals surface area contributed by atoms with Crippen LogP contribution in [0.5, 0.6) is 0 Å². The summed E-state index contributed by atoms with van der Waals surface area (Å²) in [5.74, 6) is 2.12. The normalized spacial score (nSPS) is 18.8. The highest BCUT2D eigenvalue weighted by Gasteiger charge is 2.24. The summed E-state index contributed by atoms with van der Waals surface area (Å²) in [6, 6.07) is 8.13. The number of aryl methyl sites for hydroxylation is 1. The van der Waals surface area contributed by atoms with Crippen LogP contribution in [0.15, 0.2) is 33.7 Å². The maximum Gasteiger partial charge on any atom is 0.236 e. The van der Waals surface area contributed by atoms with E-state index >= 15 is 0 Å². The van der Waals surface area contributed by atoms with E-state index in [0.717, 1.165) is 74.8 Å². The van der Waals surface area contributed by atoms with Crippen LogP contribution < -0.4 is 5.32 Å². The summed E-state index contributed by atoms with van der Waals surface area (Å²) in [6.45, 7) is 8.60. The van der Waals surface area contributed by atoms with Gasteiger partial charge in [0.15, 0.2) is 5.96 Å². The molecule has 0 spiro atoms. The average Bonchev–Trinajstić information content (AvgIpc) is 3.11. The second-order valence-corrected chi connectivity index (χ2v) is 8.25. The molecule has 1 aromatic heterocycles. The molecule has 1 aromatic carbocycles. The molecule has 3 heterocycles. The number of guanidine groups is 1. The molecule has 0 unspecified atom stereocenters. The smallest absolute Gasteiger partial charge is 0.236 e. The third kappa shape index (κ3) is 4.61. The number of carbonyl (C=O) groups excluding carboxylic acids is 1. The molecule has 30 heavy (non-hydrogen) atoms. The zero-order valence-corrected chi connectivity index (χ0v) is 18.2. The highest BCUT2D eigenvalue weighted by molar-refractivity contribution is 5.83. The van der Waals surface area contributed by atoms with Crippen molar-refractivity contribution in [2.75, 3.05) is 52.9 Å². The number of nitrogens with one attached hydrogen (secondary N) is 1. The van der Waals surface area contributed by atoms with E-state index in [1.807, 2.05) is 30.1 Å². The second-order valence-electron chi connectivity index (χ2n) is 8.25. The number of piperazine rings is 1. The van der Waals surface area contributed by atoms with Gasteiger partial charge in [-0.3, -0.25) is 14.7 Å².